The van der Waals surface area contributed by atoms with Gasteiger partial charge in [-0.15, -0.1) is 4.83 Å². The van der Waals surface area contributed by atoms with Gasteiger partial charge in [0.05, 0.1) is 26.8 Å². The number of nitrogens with one attached hydrogen (secondary N) is 1. The lowest BCUT2D eigenvalue weighted by Crippen LogP contribution is -2.47. The normalized spacial score (nSPS) is 17.9. The van der Waals surface area contributed by atoms with Crippen LogP contribution in [0, 0.1) is 0 Å². The standard InChI is InChI=1S/C20H26N4O5S/c1-14(15-8-10-16(28-2)11-9-15)12-23-18(17-6-4-5-7-19(17)29-3)13-24(20(23)25)22-30(21,26)27/h4-11,14,18,22H,12-13H2,1-3H3,(H2,21,26,27). The molecule has 1 saturated heterocycles. The summed E-state index contributed by atoms with van der Waals surface area (Å²) in [5, 5.41) is 6.12. The maximum absolute atomic E-state index is 13.0. The number of hydrazine groups is 1. The maximum Gasteiger partial charge on any atom is 0.335 e. The molecule has 2 unspecified atom stereocenters. The van der Waals surface area contributed by atoms with Gasteiger partial charge in [-0.1, -0.05) is 37.3 Å². The molecule has 0 saturated carbocycles. The van der Waals surface area contributed by atoms with Gasteiger partial charge in [0, 0.05) is 12.1 Å². The van der Waals surface area contributed by atoms with Crippen molar-refractivity contribution in [1.82, 2.24) is 14.7 Å². The monoisotopic (exact) mass is 434 g/mol. The van der Waals surface area contributed by atoms with Crippen LogP contribution >= 0.6 is 0 Å². The molecule has 1 aliphatic heterocycles. The third-order valence-corrected chi connectivity index (χ3v) is 5.57. The fraction of sp³-hybridized carbons (Fsp3) is 0.350. The Hall–Kier alpha value is -2.82. The number of carbonyl (C=O) groups is 1. The number of para-hydroxylation sites is 1. The topological polar surface area (TPSA) is 114 Å². The van der Waals surface area contributed by atoms with Gasteiger partial charge < -0.3 is 14.4 Å². The summed E-state index contributed by atoms with van der Waals surface area (Å²) in [6.07, 6.45) is 0. The van der Waals surface area contributed by atoms with E-state index in [0.29, 0.717) is 12.3 Å². The van der Waals surface area contributed by atoms with Crippen LogP contribution in [0.4, 0.5) is 4.79 Å². The van der Waals surface area contributed by atoms with Gasteiger partial charge in [-0.2, -0.15) is 8.42 Å². The summed E-state index contributed by atoms with van der Waals surface area (Å²) in [6, 6.07) is 14.1. The van der Waals surface area contributed by atoms with Crippen molar-refractivity contribution in [2.75, 3.05) is 27.3 Å². The summed E-state index contributed by atoms with van der Waals surface area (Å²) in [5.41, 5.74) is 1.81. The zero-order valence-electron chi connectivity index (χ0n) is 17.1. The van der Waals surface area contributed by atoms with E-state index in [1.54, 1.807) is 25.2 Å². The van der Waals surface area contributed by atoms with E-state index in [4.69, 9.17) is 14.6 Å². The van der Waals surface area contributed by atoms with Crippen LogP contribution in [0.1, 0.15) is 30.0 Å². The Labute approximate surface area is 176 Å². The summed E-state index contributed by atoms with van der Waals surface area (Å²) in [6.45, 7) is 2.48. The first-order valence-corrected chi connectivity index (χ1v) is 10.9. The number of rotatable bonds is 8. The van der Waals surface area contributed by atoms with Crippen molar-refractivity contribution in [3.63, 3.8) is 0 Å². The molecule has 2 aromatic carbocycles. The molecule has 0 radical (unpaired) electrons. The Balaban J connectivity index is 1.91. The van der Waals surface area contributed by atoms with Crippen molar-refractivity contribution in [2.45, 2.75) is 18.9 Å². The molecule has 9 nitrogen and oxygen atoms in total. The second-order valence-corrected chi connectivity index (χ2v) is 8.39. The van der Waals surface area contributed by atoms with Gasteiger partial charge in [-0.25, -0.2) is 14.9 Å². The molecule has 3 rings (SSSR count). The summed E-state index contributed by atoms with van der Waals surface area (Å²) in [7, 11) is -0.931. The van der Waals surface area contributed by atoms with Gasteiger partial charge in [-0.3, -0.25) is 0 Å². The fourth-order valence-electron chi connectivity index (χ4n) is 3.61. The molecule has 1 fully saturated rings. The molecule has 0 aliphatic carbocycles. The van der Waals surface area contributed by atoms with Crippen molar-refractivity contribution in [2.24, 2.45) is 5.14 Å². The van der Waals surface area contributed by atoms with Crippen LogP contribution in [-0.4, -0.2) is 51.7 Å². The van der Waals surface area contributed by atoms with Crippen molar-refractivity contribution in [1.29, 1.82) is 0 Å². The quantitative estimate of drug-likeness (QED) is 0.660. The van der Waals surface area contributed by atoms with Crippen LogP contribution in [0.3, 0.4) is 0 Å². The molecular formula is C20H26N4O5S. The molecule has 2 amide bonds. The van der Waals surface area contributed by atoms with Crippen LogP contribution in [0.5, 0.6) is 11.5 Å². The van der Waals surface area contributed by atoms with E-state index in [1.807, 2.05) is 49.4 Å². The summed E-state index contributed by atoms with van der Waals surface area (Å²) >= 11 is 0. The Morgan fingerprint density at radius 1 is 1.13 bits per heavy atom. The van der Waals surface area contributed by atoms with E-state index in [1.165, 1.54) is 0 Å². The number of hydrogen-bond acceptors (Lipinski definition) is 5. The summed E-state index contributed by atoms with van der Waals surface area (Å²) in [4.78, 5) is 16.8. The molecule has 3 N–H and O–H groups in total. The summed E-state index contributed by atoms with van der Waals surface area (Å²) < 4.78 is 33.7. The Kier molecular flexibility index (Phi) is 6.49. The third-order valence-electron chi connectivity index (χ3n) is 5.10. The van der Waals surface area contributed by atoms with E-state index in [9.17, 15) is 13.2 Å². The number of nitrogens with zero attached hydrogens (tertiary/aromatic N) is 2. The molecule has 30 heavy (non-hydrogen) atoms. The maximum atomic E-state index is 13.0. The van der Waals surface area contributed by atoms with E-state index in [0.717, 1.165) is 21.9 Å². The average Bonchev–Trinajstić information content (AvgIpc) is 3.01. The molecule has 0 aromatic heterocycles. The zero-order chi connectivity index (χ0) is 21.9. The molecule has 10 heteroatoms. The van der Waals surface area contributed by atoms with E-state index >= 15 is 0 Å². The minimum Gasteiger partial charge on any atom is -0.497 e. The van der Waals surface area contributed by atoms with Gasteiger partial charge in [0.15, 0.2) is 0 Å². The molecule has 2 atom stereocenters. The first kappa shape index (κ1) is 21.9. The lowest BCUT2D eigenvalue weighted by molar-refractivity contribution is 0.179. The first-order valence-electron chi connectivity index (χ1n) is 9.38. The molecule has 162 valence electrons. The molecular weight excluding hydrogens is 408 g/mol. The predicted molar refractivity (Wildman–Crippen MR) is 112 cm³/mol. The van der Waals surface area contributed by atoms with E-state index < -0.39 is 22.3 Å². The number of nitrogens with two attached hydrogens (primary N) is 1. The highest BCUT2D eigenvalue weighted by Gasteiger charge is 2.41. The fourth-order valence-corrected chi connectivity index (χ4v) is 4.07. The minimum atomic E-state index is -4.09. The van der Waals surface area contributed by atoms with Crippen LogP contribution in [0.15, 0.2) is 48.5 Å². The van der Waals surface area contributed by atoms with E-state index in [2.05, 4.69) is 4.83 Å². The van der Waals surface area contributed by atoms with Crippen LogP contribution in [-0.2, 0) is 10.2 Å². The van der Waals surface area contributed by atoms with E-state index in [-0.39, 0.29) is 12.5 Å². The van der Waals surface area contributed by atoms with Gasteiger partial charge in [0.1, 0.15) is 11.5 Å². The Morgan fingerprint density at radius 2 is 1.80 bits per heavy atom. The van der Waals surface area contributed by atoms with Crippen molar-refractivity contribution < 1.29 is 22.7 Å². The van der Waals surface area contributed by atoms with Crippen molar-refractivity contribution in [3.05, 3.63) is 59.7 Å². The van der Waals surface area contributed by atoms with Crippen molar-refractivity contribution in [3.8, 4) is 11.5 Å². The highest BCUT2D eigenvalue weighted by atomic mass is 32.2. The molecule has 2 aromatic rings. The Morgan fingerprint density at radius 3 is 2.40 bits per heavy atom. The molecule has 1 aliphatic rings. The highest BCUT2D eigenvalue weighted by Crippen LogP contribution is 2.36. The SMILES string of the molecule is COc1ccc(C(C)CN2C(=O)N(NS(N)(=O)=O)CC2c2ccccc2OC)cc1. The molecule has 0 spiro atoms. The van der Waals surface area contributed by atoms with Gasteiger partial charge in [0.2, 0.25) is 0 Å². The number of urea groups is 1. The number of ether oxygens (including phenoxy) is 2. The number of benzene rings is 2. The predicted octanol–water partition coefficient (Wildman–Crippen LogP) is 1.99. The number of carbonyl (C=O) groups excluding carboxylic acids is 1. The third kappa shape index (κ3) is 4.84. The lowest BCUT2D eigenvalue weighted by atomic mass is 9.98. The van der Waals surface area contributed by atoms with Gasteiger partial charge >= 0.3 is 6.03 Å². The Bertz CT molecular complexity index is 997. The van der Waals surface area contributed by atoms with Gasteiger partial charge in [0.25, 0.3) is 10.2 Å². The minimum absolute atomic E-state index is 0.00787. The smallest absolute Gasteiger partial charge is 0.335 e. The number of methoxy groups -OCH3 is 2. The average molecular weight is 435 g/mol. The highest BCUT2D eigenvalue weighted by molar-refractivity contribution is 7.87. The zero-order valence-corrected chi connectivity index (χ0v) is 17.9. The lowest BCUT2D eigenvalue weighted by Gasteiger charge is -2.27. The largest absolute Gasteiger partial charge is 0.497 e. The second kappa shape index (κ2) is 8.90. The van der Waals surface area contributed by atoms with Crippen LogP contribution in [0.25, 0.3) is 0 Å². The summed E-state index contributed by atoms with van der Waals surface area (Å²) in [5.74, 6) is 1.36. The molecule has 0 bridgehead atoms. The van der Waals surface area contributed by atoms with Gasteiger partial charge in [-0.05, 0) is 29.7 Å². The second-order valence-electron chi connectivity index (χ2n) is 7.11. The van der Waals surface area contributed by atoms with Crippen LogP contribution < -0.4 is 19.4 Å². The van der Waals surface area contributed by atoms with Crippen LogP contribution in [0.2, 0.25) is 0 Å². The number of hydrogen-bond donors (Lipinski definition) is 2. The van der Waals surface area contributed by atoms with Crippen molar-refractivity contribution >= 4 is 16.2 Å². The number of amides is 2. The molecule has 1 heterocycles. The first-order chi connectivity index (χ1) is 14.2.